The normalized spacial score (nSPS) is 27.1. The van der Waals surface area contributed by atoms with Crippen LogP contribution in [0.5, 0.6) is 0 Å². The van der Waals surface area contributed by atoms with Crippen molar-refractivity contribution in [3.05, 3.63) is 11.2 Å². The highest BCUT2D eigenvalue weighted by molar-refractivity contribution is 7.15. The van der Waals surface area contributed by atoms with Crippen molar-refractivity contribution in [1.82, 2.24) is 10.3 Å². The Balaban J connectivity index is 1.49. The Hall–Kier alpha value is -1.75. The van der Waals surface area contributed by atoms with Crippen LogP contribution >= 0.6 is 11.3 Å². The van der Waals surface area contributed by atoms with Crippen molar-refractivity contribution >= 4 is 22.2 Å². The predicted molar refractivity (Wildman–Crippen MR) is 72.9 cm³/mol. The Kier molecular flexibility index (Phi) is 3.53. The molecule has 3 rings (SSSR count). The molecule has 21 heavy (non-hydrogen) atoms. The van der Waals surface area contributed by atoms with Crippen molar-refractivity contribution in [2.24, 2.45) is 5.92 Å². The van der Waals surface area contributed by atoms with Gasteiger partial charge in [0, 0.05) is 30.7 Å². The Labute approximate surface area is 124 Å². The van der Waals surface area contributed by atoms with Crippen LogP contribution < -0.4 is 10.6 Å². The van der Waals surface area contributed by atoms with Crippen LogP contribution in [-0.4, -0.2) is 22.9 Å². The van der Waals surface area contributed by atoms with Crippen molar-refractivity contribution in [2.45, 2.75) is 43.6 Å². The highest BCUT2D eigenvalue weighted by Crippen LogP contribution is 2.49. The van der Waals surface area contributed by atoms with Gasteiger partial charge in [0.05, 0.1) is 11.2 Å². The quantitative estimate of drug-likeness (QED) is 0.661. The maximum atomic E-state index is 12.8. The van der Waals surface area contributed by atoms with E-state index in [0.717, 1.165) is 0 Å². The highest BCUT2D eigenvalue weighted by Gasteiger charge is 2.47. The fraction of sp³-hybridized carbons (Fsp3) is 0.615. The van der Waals surface area contributed by atoms with Gasteiger partial charge in [-0.15, -0.1) is 11.3 Å². The molecule has 2 fully saturated rings. The molecule has 5 nitrogen and oxygen atoms in total. The van der Waals surface area contributed by atoms with Crippen LogP contribution in [0.1, 0.15) is 36.6 Å². The number of halogens is 2. The Bertz CT molecular complexity index is 583. The first-order valence-electron chi connectivity index (χ1n) is 6.76. The molecule has 112 valence electrons. The zero-order chi connectivity index (χ0) is 15.0. The molecule has 2 aliphatic carbocycles. The number of nitrogens with one attached hydrogen (secondary N) is 2. The molecule has 1 aromatic rings. The average molecular weight is 312 g/mol. The molecule has 0 aliphatic heterocycles. The minimum absolute atomic E-state index is 0.0833. The zero-order valence-corrected chi connectivity index (χ0v) is 11.9. The van der Waals surface area contributed by atoms with E-state index in [1.165, 1.54) is 17.5 Å². The molecule has 1 aromatic heterocycles. The highest BCUT2D eigenvalue weighted by atomic mass is 32.1. The van der Waals surface area contributed by atoms with E-state index < -0.39 is 5.92 Å². The number of hydrogen-bond acceptors (Lipinski definition) is 5. The third-order valence-electron chi connectivity index (χ3n) is 3.99. The Morgan fingerprint density at radius 1 is 1.48 bits per heavy atom. The fourth-order valence-electron chi connectivity index (χ4n) is 2.63. The molecule has 0 saturated heterocycles. The van der Waals surface area contributed by atoms with Crippen LogP contribution in [0, 0.1) is 17.4 Å². The Morgan fingerprint density at radius 2 is 2.19 bits per heavy atom. The van der Waals surface area contributed by atoms with Gasteiger partial charge in [-0.05, 0) is 12.8 Å². The molecule has 0 unspecified atom stereocenters. The number of amides is 1. The number of anilines is 1. The lowest BCUT2D eigenvalue weighted by Crippen LogP contribution is -2.44. The summed E-state index contributed by atoms with van der Waals surface area (Å²) in [4.78, 5) is 16.1. The molecule has 2 saturated carbocycles. The topological polar surface area (TPSA) is 77.8 Å². The van der Waals surface area contributed by atoms with Gasteiger partial charge in [-0.3, -0.25) is 4.79 Å². The third-order valence-corrected chi connectivity index (χ3v) is 5.06. The molecule has 0 bridgehead atoms. The second kappa shape index (κ2) is 5.22. The van der Waals surface area contributed by atoms with Crippen molar-refractivity contribution < 1.29 is 13.6 Å². The summed E-state index contributed by atoms with van der Waals surface area (Å²) >= 11 is 1.26. The van der Waals surface area contributed by atoms with Gasteiger partial charge in [-0.2, -0.15) is 5.26 Å². The van der Waals surface area contributed by atoms with E-state index in [0.29, 0.717) is 22.9 Å². The predicted octanol–water partition coefficient (Wildman–Crippen LogP) is 2.44. The van der Waals surface area contributed by atoms with E-state index in [-0.39, 0.29) is 36.6 Å². The molecular weight excluding hydrogens is 298 g/mol. The van der Waals surface area contributed by atoms with Crippen LogP contribution in [0.3, 0.4) is 0 Å². The van der Waals surface area contributed by atoms with Gasteiger partial charge >= 0.3 is 0 Å². The number of nitriles is 1. The largest absolute Gasteiger partial charge is 0.321 e. The second-order valence-corrected chi connectivity index (χ2v) is 6.70. The van der Waals surface area contributed by atoms with Crippen molar-refractivity contribution in [3.8, 4) is 6.19 Å². The maximum Gasteiger partial charge on any atom is 0.249 e. The lowest BCUT2D eigenvalue weighted by atomic mass is 9.80. The van der Waals surface area contributed by atoms with E-state index in [1.54, 1.807) is 0 Å². The monoisotopic (exact) mass is 312 g/mol. The number of hydrogen-bond donors (Lipinski definition) is 2. The summed E-state index contributed by atoms with van der Waals surface area (Å²) < 4.78 is 25.7. The number of aromatic nitrogens is 1. The van der Waals surface area contributed by atoms with Crippen molar-refractivity contribution in [2.75, 3.05) is 5.32 Å². The molecular formula is C13H14F2N4OS. The van der Waals surface area contributed by atoms with E-state index >= 15 is 0 Å². The van der Waals surface area contributed by atoms with Gasteiger partial charge in [-0.1, -0.05) is 0 Å². The first-order chi connectivity index (χ1) is 9.97. The smallest absolute Gasteiger partial charge is 0.249 e. The maximum absolute atomic E-state index is 12.8. The number of carbonyl (C=O) groups is 1. The van der Waals surface area contributed by atoms with Gasteiger partial charge in [-0.25, -0.2) is 13.8 Å². The standard InChI is InChI=1S/C13H14F2N4OS/c14-13(15)3-8(4-13)12-17-5-10(21-12)19-11(20)7-1-9(2-7)18-6-16/h5,7-9,18H,1-4H2,(H,19,20)/t7-,9-. The van der Waals surface area contributed by atoms with Crippen LogP contribution in [0.25, 0.3) is 0 Å². The van der Waals surface area contributed by atoms with Gasteiger partial charge in [0.1, 0.15) is 5.00 Å². The Morgan fingerprint density at radius 3 is 2.81 bits per heavy atom. The van der Waals surface area contributed by atoms with Crippen molar-refractivity contribution in [1.29, 1.82) is 5.26 Å². The SMILES string of the molecule is N#CN[C@H]1C[C@H](C(=O)Nc2cnc(C3CC(F)(F)C3)s2)C1. The lowest BCUT2D eigenvalue weighted by molar-refractivity contribution is -0.122. The van der Waals surface area contributed by atoms with E-state index in [9.17, 15) is 13.6 Å². The van der Waals surface area contributed by atoms with E-state index in [2.05, 4.69) is 15.6 Å². The number of alkyl halides is 2. The van der Waals surface area contributed by atoms with Crippen LogP contribution in [-0.2, 0) is 4.79 Å². The summed E-state index contributed by atoms with van der Waals surface area (Å²) in [6.45, 7) is 0. The summed E-state index contributed by atoms with van der Waals surface area (Å²) in [5.74, 6) is -2.95. The minimum atomic E-state index is -2.56. The number of carbonyl (C=O) groups excluding carboxylic acids is 1. The molecule has 1 amide bonds. The first-order valence-corrected chi connectivity index (χ1v) is 7.57. The molecule has 8 heteroatoms. The number of rotatable bonds is 4. The molecule has 0 radical (unpaired) electrons. The van der Waals surface area contributed by atoms with Gasteiger partial charge < -0.3 is 10.6 Å². The first kappa shape index (κ1) is 14.2. The summed E-state index contributed by atoms with van der Waals surface area (Å²) in [7, 11) is 0. The summed E-state index contributed by atoms with van der Waals surface area (Å²) in [5.41, 5.74) is 0. The molecule has 2 aliphatic rings. The summed E-state index contributed by atoms with van der Waals surface area (Å²) in [6.07, 6.45) is 4.36. The van der Waals surface area contributed by atoms with E-state index in [4.69, 9.17) is 5.26 Å². The van der Waals surface area contributed by atoms with Gasteiger partial charge in [0.2, 0.25) is 11.8 Å². The molecule has 0 aromatic carbocycles. The third kappa shape index (κ3) is 2.97. The van der Waals surface area contributed by atoms with Crippen LogP contribution in [0.15, 0.2) is 6.20 Å². The van der Waals surface area contributed by atoms with Gasteiger partial charge in [0.25, 0.3) is 0 Å². The van der Waals surface area contributed by atoms with Crippen molar-refractivity contribution in [3.63, 3.8) is 0 Å². The molecule has 0 atom stereocenters. The average Bonchev–Trinajstić information content (AvgIpc) is 2.78. The molecule has 0 spiro atoms. The lowest BCUT2D eigenvalue weighted by Gasteiger charge is -2.33. The molecule has 2 N–H and O–H groups in total. The second-order valence-electron chi connectivity index (χ2n) is 5.63. The van der Waals surface area contributed by atoms with Crippen LogP contribution in [0.4, 0.5) is 13.8 Å². The van der Waals surface area contributed by atoms with Crippen LogP contribution in [0.2, 0.25) is 0 Å². The summed E-state index contributed by atoms with van der Waals surface area (Å²) in [6, 6.07) is 0.0833. The van der Waals surface area contributed by atoms with Gasteiger partial charge in [0.15, 0.2) is 6.19 Å². The zero-order valence-electron chi connectivity index (χ0n) is 11.1. The number of nitrogens with zero attached hydrogens (tertiary/aromatic N) is 2. The molecule has 1 heterocycles. The minimum Gasteiger partial charge on any atom is -0.321 e. The van der Waals surface area contributed by atoms with E-state index in [1.807, 2.05) is 6.19 Å². The summed E-state index contributed by atoms with van der Waals surface area (Å²) in [5, 5.41) is 15.1. The number of thiazole rings is 1. The fourth-order valence-corrected chi connectivity index (χ4v) is 3.56.